The van der Waals surface area contributed by atoms with Gasteiger partial charge in [0.05, 0.1) is 11.6 Å². The van der Waals surface area contributed by atoms with Gasteiger partial charge in [0.25, 0.3) is 5.91 Å². The molecule has 5 nitrogen and oxygen atoms in total. The van der Waals surface area contributed by atoms with Gasteiger partial charge in [-0.2, -0.15) is 0 Å². The lowest BCUT2D eigenvalue weighted by Crippen LogP contribution is -2.43. The van der Waals surface area contributed by atoms with Gasteiger partial charge in [0.15, 0.2) is 5.13 Å². The largest absolute Gasteiger partial charge is 0.338 e. The number of aryl methyl sites for hydroxylation is 2. The molecule has 0 radical (unpaired) electrons. The summed E-state index contributed by atoms with van der Waals surface area (Å²) in [6, 6.07) is 9.27. The number of aromatic nitrogens is 1. The molecule has 6 heteroatoms. The number of benzene rings is 1. The quantitative estimate of drug-likeness (QED) is 0.812. The molecule has 1 unspecified atom stereocenters. The number of thiazole rings is 1. The zero-order valence-corrected chi connectivity index (χ0v) is 16.8. The molecule has 144 valence electrons. The van der Waals surface area contributed by atoms with Gasteiger partial charge in [-0.15, -0.1) is 11.3 Å². The van der Waals surface area contributed by atoms with Crippen LogP contribution in [0.4, 0.5) is 5.13 Å². The van der Waals surface area contributed by atoms with Gasteiger partial charge < -0.3 is 10.2 Å². The highest BCUT2D eigenvalue weighted by Crippen LogP contribution is 2.26. The van der Waals surface area contributed by atoms with Crippen molar-refractivity contribution >= 4 is 28.3 Å². The SMILES string of the molecule is CCCc1nc(NC(=O)C2CCCN(C(=O)c3ccccc3)C2)sc1CC. The van der Waals surface area contributed by atoms with E-state index < -0.39 is 0 Å². The molecule has 0 bridgehead atoms. The average molecular weight is 386 g/mol. The summed E-state index contributed by atoms with van der Waals surface area (Å²) in [5, 5.41) is 3.68. The third-order valence-electron chi connectivity index (χ3n) is 4.92. The van der Waals surface area contributed by atoms with E-state index in [-0.39, 0.29) is 17.7 Å². The molecule has 2 amide bonds. The second-order valence-corrected chi connectivity index (χ2v) is 8.02. The predicted octanol–water partition coefficient (Wildman–Crippen LogP) is 4.15. The Morgan fingerprint density at radius 1 is 1.26 bits per heavy atom. The van der Waals surface area contributed by atoms with E-state index in [1.54, 1.807) is 16.2 Å². The van der Waals surface area contributed by atoms with Crippen molar-refractivity contribution < 1.29 is 9.59 Å². The molecule has 1 saturated heterocycles. The number of nitrogens with zero attached hydrogens (tertiary/aromatic N) is 2. The fraction of sp³-hybridized carbons (Fsp3) is 0.476. The molecule has 1 fully saturated rings. The molecule has 1 aromatic carbocycles. The van der Waals surface area contributed by atoms with Crippen LogP contribution in [0.2, 0.25) is 0 Å². The number of likely N-dealkylation sites (tertiary alicyclic amines) is 1. The Bertz CT molecular complexity index is 788. The van der Waals surface area contributed by atoms with E-state index in [1.807, 2.05) is 30.3 Å². The molecule has 0 spiro atoms. The van der Waals surface area contributed by atoms with Crippen LogP contribution in [0, 0.1) is 5.92 Å². The second kappa shape index (κ2) is 9.13. The standard InChI is InChI=1S/C21H27N3O2S/c1-3-9-17-18(4-2)27-21(22-17)23-19(25)16-12-8-13-24(14-16)20(26)15-10-6-5-7-11-15/h5-7,10-11,16H,3-4,8-9,12-14H2,1-2H3,(H,22,23,25). The first-order valence-corrected chi connectivity index (χ1v) is 10.6. The summed E-state index contributed by atoms with van der Waals surface area (Å²) >= 11 is 1.57. The Hall–Kier alpha value is -2.21. The lowest BCUT2D eigenvalue weighted by Gasteiger charge is -2.32. The first kappa shape index (κ1) is 19.5. The van der Waals surface area contributed by atoms with E-state index in [0.717, 1.165) is 37.8 Å². The van der Waals surface area contributed by atoms with Crippen LogP contribution in [0.25, 0.3) is 0 Å². The van der Waals surface area contributed by atoms with Crippen molar-refractivity contribution in [2.75, 3.05) is 18.4 Å². The molecular weight excluding hydrogens is 358 g/mol. The van der Waals surface area contributed by atoms with Crippen LogP contribution in [-0.4, -0.2) is 34.8 Å². The Morgan fingerprint density at radius 3 is 2.74 bits per heavy atom. The third-order valence-corrected chi connectivity index (χ3v) is 6.07. The molecule has 2 heterocycles. The number of rotatable bonds is 6. The van der Waals surface area contributed by atoms with Crippen molar-refractivity contribution in [1.82, 2.24) is 9.88 Å². The van der Waals surface area contributed by atoms with Crippen molar-refractivity contribution in [3.8, 4) is 0 Å². The highest BCUT2D eigenvalue weighted by Gasteiger charge is 2.29. The van der Waals surface area contributed by atoms with Crippen LogP contribution in [-0.2, 0) is 17.6 Å². The number of anilines is 1. The molecule has 1 aliphatic heterocycles. The monoisotopic (exact) mass is 385 g/mol. The molecule has 1 aromatic heterocycles. The van der Waals surface area contributed by atoms with E-state index in [2.05, 4.69) is 24.1 Å². The van der Waals surface area contributed by atoms with Crippen molar-refractivity contribution in [3.63, 3.8) is 0 Å². The molecule has 2 aromatic rings. The zero-order chi connectivity index (χ0) is 19.2. The Labute approximate surface area is 164 Å². The maximum Gasteiger partial charge on any atom is 0.253 e. The molecule has 1 aliphatic rings. The van der Waals surface area contributed by atoms with Crippen LogP contribution in [0.5, 0.6) is 0 Å². The van der Waals surface area contributed by atoms with Gasteiger partial charge in [0, 0.05) is 23.5 Å². The Kier molecular flexibility index (Phi) is 6.61. The molecular formula is C21H27N3O2S. The van der Waals surface area contributed by atoms with Crippen LogP contribution < -0.4 is 5.32 Å². The smallest absolute Gasteiger partial charge is 0.253 e. The fourth-order valence-corrected chi connectivity index (χ4v) is 4.44. The average Bonchev–Trinajstić information content (AvgIpc) is 3.09. The minimum atomic E-state index is -0.185. The van der Waals surface area contributed by atoms with E-state index in [4.69, 9.17) is 0 Å². The minimum absolute atomic E-state index is 0.000787. The molecule has 3 rings (SSSR count). The fourth-order valence-electron chi connectivity index (χ4n) is 3.49. The van der Waals surface area contributed by atoms with Gasteiger partial charge in [-0.3, -0.25) is 9.59 Å². The summed E-state index contributed by atoms with van der Waals surface area (Å²) < 4.78 is 0. The van der Waals surface area contributed by atoms with Gasteiger partial charge in [0.1, 0.15) is 0 Å². The molecule has 27 heavy (non-hydrogen) atoms. The van der Waals surface area contributed by atoms with E-state index in [0.29, 0.717) is 23.8 Å². The summed E-state index contributed by atoms with van der Waals surface area (Å²) in [5.41, 5.74) is 1.78. The highest BCUT2D eigenvalue weighted by molar-refractivity contribution is 7.15. The van der Waals surface area contributed by atoms with Crippen molar-refractivity contribution in [2.45, 2.75) is 46.0 Å². The number of amides is 2. The van der Waals surface area contributed by atoms with Crippen molar-refractivity contribution in [2.24, 2.45) is 5.92 Å². The number of hydrogen-bond acceptors (Lipinski definition) is 4. The first-order valence-electron chi connectivity index (χ1n) is 9.76. The number of carbonyl (C=O) groups excluding carboxylic acids is 2. The van der Waals surface area contributed by atoms with Crippen molar-refractivity contribution in [3.05, 3.63) is 46.5 Å². The summed E-state index contributed by atoms with van der Waals surface area (Å²) in [6.45, 7) is 5.42. The summed E-state index contributed by atoms with van der Waals surface area (Å²) in [5.74, 6) is -0.212. The highest BCUT2D eigenvalue weighted by atomic mass is 32.1. The summed E-state index contributed by atoms with van der Waals surface area (Å²) in [4.78, 5) is 33.1. The van der Waals surface area contributed by atoms with Gasteiger partial charge >= 0.3 is 0 Å². The summed E-state index contributed by atoms with van der Waals surface area (Å²) in [6.07, 6.45) is 4.57. The molecule has 1 atom stereocenters. The maximum absolute atomic E-state index is 12.8. The summed E-state index contributed by atoms with van der Waals surface area (Å²) in [7, 11) is 0. The number of carbonyl (C=O) groups is 2. The van der Waals surface area contributed by atoms with E-state index >= 15 is 0 Å². The first-order chi connectivity index (χ1) is 13.1. The lowest BCUT2D eigenvalue weighted by molar-refractivity contribution is -0.121. The Morgan fingerprint density at radius 2 is 2.04 bits per heavy atom. The molecule has 1 N–H and O–H groups in total. The predicted molar refractivity (Wildman–Crippen MR) is 109 cm³/mol. The van der Waals surface area contributed by atoms with Crippen LogP contribution in [0.15, 0.2) is 30.3 Å². The Balaban J connectivity index is 1.64. The number of nitrogens with one attached hydrogen (secondary N) is 1. The van der Waals surface area contributed by atoms with Crippen LogP contribution >= 0.6 is 11.3 Å². The van der Waals surface area contributed by atoms with E-state index in [1.165, 1.54) is 4.88 Å². The normalized spacial score (nSPS) is 17.0. The second-order valence-electron chi connectivity index (χ2n) is 6.94. The third kappa shape index (κ3) is 4.75. The van der Waals surface area contributed by atoms with E-state index in [9.17, 15) is 9.59 Å². The van der Waals surface area contributed by atoms with Gasteiger partial charge in [-0.25, -0.2) is 4.98 Å². The number of hydrogen-bond donors (Lipinski definition) is 1. The van der Waals surface area contributed by atoms with Crippen molar-refractivity contribution in [1.29, 1.82) is 0 Å². The van der Waals surface area contributed by atoms with Gasteiger partial charge in [-0.1, -0.05) is 38.5 Å². The van der Waals surface area contributed by atoms with Crippen LogP contribution in [0.1, 0.15) is 54.0 Å². The molecule has 0 saturated carbocycles. The van der Waals surface area contributed by atoms with Crippen LogP contribution in [0.3, 0.4) is 0 Å². The lowest BCUT2D eigenvalue weighted by atomic mass is 9.96. The van der Waals surface area contributed by atoms with Gasteiger partial charge in [0.2, 0.25) is 5.91 Å². The van der Waals surface area contributed by atoms with Gasteiger partial charge in [-0.05, 0) is 37.8 Å². The molecule has 0 aliphatic carbocycles. The topological polar surface area (TPSA) is 62.3 Å². The minimum Gasteiger partial charge on any atom is -0.338 e. The zero-order valence-electron chi connectivity index (χ0n) is 16.0. The number of piperidine rings is 1. The maximum atomic E-state index is 12.8.